The Morgan fingerprint density at radius 3 is 3.00 bits per heavy atom. The molecule has 3 atom stereocenters. The predicted molar refractivity (Wildman–Crippen MR) is 94.3 cm³/mol. The first-order valence-electron chi connectivity index (χ1n) is 8.69. The summed E-state index contributed by atoms with van der Waals surface area (Å²) in [5.41, 5.74) is 0.939. The van der Waals surface area contributed by atoms with Crippen LogP contribution in [0.2, 0.25) is 0 Å². The Labute approximate surface area is 144 Å². The van der Waals surface area contributed by atoms with Gasteiger partial charge in [0.2, 0.25) is 5.91 Å². The molecule has 1 amide bonds. The number of hydrogen-bond donors (Lipinski definition) is 1. The second kappa shape index (κ2) is 6.73. The van der Waals surface area contributed by atoms with Crippen LogP contribution in [-0.2, 0) is 9.53 Å². The molecule has 2 fully saturated rings. The van der Waals surface area contributed by atoms with Gasteiger partial charge in [-0.2, -0.15) is 0 Å². The largest absolute Gasteiger partial charge is 0.497 e. The standard InChI is InChI=1S/C19H28N2O3/c1-19(2)17(15-9-11-24-18(15)19)21(3)10-8-16(22)20-13-6-5-7-14(12-13)23-4/h5-7,12,15,17-18H,8-11H2,1-4H3,(H,20,22). The molecule has 132 valence electrons. The SMILES string of the molecule is COc1cccc(NC(=O)CCN(C)C2C3CCOC3C2(C)C)c1. The van der Waals surface area contributed by atoms with Gasteiger partial charge in [-0.3, -0.25) is 4.79 Å². The number of benzene rings is 1. The molecule has 1 saturated heterocycles. The number of carbonyl (C=O) groups is 1. The molecule has 1 aromatic rings. The number of nitrogens with one attached hydrogen (secondary N) is 1. The monoisotopic (exact) mass is 332 g/mol. The van der Waals surface area contributed by atoms with Crippen molar-refractivity contribution in [1.29, 1.82) is 0 Å². The maximum absolute atomic E-state index is 12.2. The van der Waals surface area contributed by atoms with Crippen LogP contribution in [0.4, 0.5) is 5.69 Å². The fourth-order valence-corrected chi connectivity index (χ4v) is 4.53. The first-order valence-corrected chi connectivity index (χ1v) is 8.69. The Balaban J connectivity index is 1.51. The molecule has 5 heteroatoms. The third-order valence-electron chi connectivity index (χ3n) is 5.56. The van der Waals surface area contributed by atoms with Crippen molar-refractivity contribution in [2.75, 3.05) is 32.6 Å². The lowest BCUT2D eigenvalue weighted by Crippen LogP contribution is -2.66. The molecule has 5 nitrogen and oxygen atoms in total. The second-order valence-electron chi connectivity index (χ2n) is 7.52. The minimum atomic E-state index is 0.0338. The molecule has 0 radical (unpaired) electrons. The van der Waals surface area contributed by atoms with E-state index < -0.39 is 0 Å². The summed E-state index contributed by atoms with van der Waals surface area (Å²) in [6.07, 6.45) is 2.01. The normalized spacial score (nSPS) is 27.5. The van der Waals surface area contributed by atoms with Crippen molar-refractivity contribution >= 4 is 11.6 Å². The van der Waals surface area contributed by atoms with Crippen LogP contribution in [0.15, 0.2) is 24.3 Å². The molecule has 0 aromatic heterocycles. The first-order chi connectivity index (χ1) is 11.4. The minimum Gasteiger partial charge on any atom is -0.497 e. The van der Waals surface area contributed by atoms with Crippen LogP contribution in [0.3, 0.4) is 0 Å². The molecular formula is C19H28N2O3. The van der Waals surface area contributed by atoms with Crippen molar-refractivity contribution in [1.82, 2.24) is 4.90 Å². The third kappa shape index (κ3) is 3.15. The highest BCUT2D eigenvalue weighted by atomic mass is 16.5. The summed E-state index contributed by atoms with van der Waals surface area (Å²) in [6.45, 7) is 6.18. The van der Waals surface area contributed by atoms with Crippen molar-refractivity contribution in [3.05, 3.63) is 24.3 Å². The van der Waals surface area contributed by atoms with Crippen LogP contribution >= 0.6 is 0 Å². The summed E-state index contributed by atoms with van der Waals surface area (Å²) in [5.74, 6) is 1.39. The summed E-state index contributed by atoms with van der Waals surface area (Å²) in [6, 6.07) is 7.94. The van der Waals surface area contributed by atoms with Gasteiger partial charge >= 0.3 is 0 Å². The van der Waals surface area contributed by atoms with Crippen LogP contribution in [0.5, 0.6) is 5.75 Å². The topological polar surface area (TPSA) is 50.8 Å². The highest BCUT2D eigenvalue weighted by Gasteiger charge is 2.60. The first kappa shape index (κ1) is 17.2. The van der Waals surface area contributed by atoms with Gasteiger partial charge in [0.1, 0.15) is 5.75 Å². The van der Waals surface area contributed by atoms with E-state index in [0.29, 0.717) is 24.5 Å². The maximum Gasteiger partial charge on any atom is 0.225 e. The number of nitrogens with zero attached hydrogens (tertiary/aromatic N) is 1. The molecular weight excluding hydrogens is 304 g/mol. The van der Waals surface area contributed by atoms with Gasteiger partial charge in [0, 0.05) is 48.7 Å². The fourth-order valence-electron chi connectivity index (χ4n) is 4.53. The van der Waals surface area contributed by atoms with Gasteiger partial charge in [0.05, 0.1) is 13.2 Å². The predicted octanol–water partition coefficient (Wildman–Crippen LogP) is 2.77. The number of ether oxygens (including phenoxy) is 2. The number of amides is 1. The van der Waals surface area contributed by atoms with E-state index >= 15 is 0 Å². The average Bonchev–Trinajstić information content (AvgIpc) is 2.99. The average molecular weight is 332 g/mol. The van der Waals surface area contributed by atoms with E-state index in [4.69, 9.17) is 9.47 Å². The second-order valence-corrected chi connectivity index (χ2v) is 7.52. The molecule has 2 aliphatic rings. The van der Waals surface area contributed by atoms with Crippen LogP contribution in [0.1, 0.15) is 26.7 Å². The van der Waals surface area contributed by atoms with Gasteiger partial charge in [0.15, 0.2) is 0 Å². The van der Waals surface area contributed by atoms with Crippen molar-refractivity contribution in [2.45, 2.75) is 38.8 Å². The van der Waals surface area contributed by atoms with Crippen molar-refractivity contribution in [2.24, 2.45) is 11.3 Å². The van der Waals surface area contributed by atoms with Crippen molar-refractivity contribution in [3.63, 3.8) is 0 Å². The number of fused-ring (bicyclic) bond motifs is 1. The van der Waals surface area contributed by atoms with E-state index in [-0.39, 0.29) is 11.3 Å². The number of carbonyl (C=O) groups excluding carboxylic acids is 1. The highest BCUT2D eigenvalue weighted by Crippen LogP contribution is 2.54. The van der Waals surface area contributed by atoms with E-state index in [1.165, 1.54) is 0 Å². The van der Waals surface area contributed by atoms with E-state index in [0.717, 1.165) is 31.0 Å². The molecule has 3 unspecified atom stereocenters. The Morgan fingerprint density at radius 2 is 2.25 bits per heavy atom. The van der Waals surface area contributed by atoms with Crippen LogP contribution < -0.4 is 10.1 Å². The van der Waals surface area contributed by atoms with Crippen LogP contribution in [0, 0.1) is 11.3 Å². The Bertz CT molecular complexity index is 602. The molecule has 3 rings (SSSR count). The molecule has 24 heavy (non-hydrogen) atoms. The van der Waals surface area contributed by atoms with Gasteiger partial charge in [-0.15, -0.1) is 0 Å². The summed E-state index contributed by atoms with van der Waals surface area (Å²) in [7, 11) is 3.75. The molecule has 1 heterocycles. The van der Waals surface area contributed by atoms with Crippen molar-refractivity contribution < 1.29 is 14.3 Å². The number of rotatable bonds is 6. The Kier molecular flexibility index (Phi) is 4.83. The molecule has 1 aromatic carbocycles. The summed E-state index contributed by atoms with van der Waals surface area (Å²) >= 11 is 0. The van der Waals surface area contributed by atoms with E-state index in [9.17, 15) is 4.79 Å². The zero-order chi connectivity index (χ0) is 17.3. The van der Waals surface area contributed by atoms with Gasteiger partial charge in [0.25, 0.3) is 0 Å². The molecule has 0 spiro atoms. The zero-order valence-electron chi connectivity index (χ0n) is 15.0. The fraction of sp³-hybridized carbons (Fsp3) is 0.632. The molecule has 1 aliphatic carbocycles. The van der Waals surface area contributed by atoms with Gasteiger partial charge in [-0.1, -0.05) is 19.9 Å². The van der Waals surface area contributed by atoms with E-state index in [1.54, 1.807) is 7.11 Å². The van der Waals surface area contributed by atoms with Gasteiger partial charge in [-0.25, -0.2) is 0 Å². The number of methoxy groups -OCH3 is 1. The Morgan fingerprint density at radius 1 is 1.46 bits per heavy atom. The van der Waals surface area contributed by atoms with E-state index in [1.807, 2.05) is 24.3 Å². The highest BCUT2D eigenvalue weighted by molar-refractivity contribution is 5.91. The van der Waals surface area contributed by atoms with Crippen LogP contribution in [-0.4, -0.2) is 50.3 Å². The van der Waals surface area contributed by atoms with Gasteiger partial charge in [-0.05, 0) is 25.6 Å². The lowest BCUT2D eigenvalue weighted by atomic mass is 9.57. The smallest absolute Gasteiger partial charge is 0.225 e. The van der Waals surface area contributed by atoms with Gasteiger partial charge < -0.3 is 19.7 Å². The lowest BCUT2D eigenvalue weighted by molar-refractivity contribution is -0.150. The third-order valence-corrected chi connectivity index (χ3v) is 5.56. The lowest BCUT2D eigenvalue weighted by Gasteiger charge is -2.58. The number of anilines is 1. The quantitative estimate of drug-likeness (QED) is 0.870. The number of hydrogen-bond acceptors (Lipinski definition) is 4. The summed E-state index contributed by atoms with van der Waals surface area (Å²) in [5, 5.41) is 2.94. The summed E-state index contributed by atoms with van der Waals surface area (Å²) in [4.78, 5) is 14.6. The molecule has 0 bridgehead atoms. The summed E-state index contributed by atoms with van der Waals surface area (Å²) < 4.78 is 11.0. The molecule has 1 aliphatic heterocycles. The van der Waals surface area contributed by atoms with E-state index in [2.05, 4.69) is 31.1 Å². The molecule has 1 N–H and O–H groups in total. The van der Waals surface area contributed by atoms with Crippen molar-refractivity contribution in [3.8, 4) is 5.75 Å². The molecule has 1 saturated carbocycles. The van der Waals surface area contributed by atoms with Crippen LogP contribution in [0.25, 0.3) is 0 Å². The Hall–Kier alpha value is -1.59. The zero-order valence-corrected chi connectivity index (χ0v) is 15.0. The minimum absolute atomic E-state index is 0.0338. The maximum atomic E-state index is 12.2.